The molecule has 0 atom stereocenters. The summed E-state index contributed by atoms with van der Waals surface area (Å²) in [6.07, 6.45) is -1.77. The second kappa shape index (κ2) is 4.48. The number of oxazole rings is 1. The van der Waals surface area contributed by atoms with Crippen LogP contribution in [0.2, 0.25) is 0 Å². The third kappa shape index (κ3) is 2.99. The van der Waals surface area contributed by atoms with Gasteiger partial charge in [-0.2, -0.15) is 13.2 Å². The van der Waals surface area contributed by atoms with Gasteiger partial charge in [0.25, 0.3) is 0 Å². The predicted molar refractivity (Wildman–Crippen MR) is 52.3 cm³/mol. The number of benzene rings is 1. The van der Waals surface area contributed by atoms with Crippen LogP contribution in [0.1, 0.15) is 11.3 Å². The van der Waals surface area contributed by atoms with Crippen LogP contribution >= 0.6 is 0 Å². The van der Waals surface area contributed by atoms with E-state index in [-0.39, 0.29) is 12.4 Å². The zero-order valence-electron chi connectivity index (χ0n) is 8.57. The van der Waals surface area contributed by atoms with E-state index in [1.54, 1.807) is 0 Å². The minimum Gasteiger partial charge on any atom is -0.487 e. The molecule has 1 aromatic heterocycles. The summed E-state index contributed by atoms with van der Waals surface area (Å²) in [5.41, 5.74) is -0.224. The van der Waals surface area contributed by atoms with Gasteiger partial charge < -0.3 is 9.15 Å². The summed E-state index contributed by atoms with van der Waals surface area (Å²) in [6, 6.07) is 4.68. The van der Waals surface area contributed by atoms with Gasteiger partial charge in [-0.1, -0.05) is 6.07 Å². The molecule has 0 aliphatic carbocycles. The molecule has 17 heavy (non-hydrogen) atoms. The molecule has 1 aromatic carbocycles. The second-order valence-electron chi connectivity index (χ2n) is 3.29. The zero-order valence-corrected chi connectivity index (χ0v) is 8.57. The van der Waals surface area contributed by atoms with Crippen LogP contribution in [0.15, 0.2) is 41.3 Å². The molecule has 0 radical (unpaired) electrons. The van der Waals surface area contributed by atoms with Crippen molar-refractivity contribution in [1.29, 1.82) is 0 Å². The molecule has 6 heteroatoms. The van der Waals surface area contributed by atoms with Gasteiger partial charge in [-0.3, -0.25) is 0 Å². The normalized spacial score (nSPS) is 11.5. The minimum absolute atomic E-state index is 0.0673. The predicted octanol–water partition coefficient (Wildman–Crippen LogP) is 3.27. The lowest BCUT2D eigenvalue weighted by atomic mass is 10.2. The lowest BCUT2D eigenvalue weighted by Crippen LogP contribution is -2.05. The van der Waals surface area contributed by atoms with Crippen LogP contribution < -0.4 is 4.74 Å². The molecule has 0 bridgehead atoms. The first-order valence-electron chi connectivity index (χ1n) is 4.73. The molecular weight excluding hydrogens is 235 g/mol. The standard InChI is InChI=1S/C11H8F3NO2/c12-11(13,14)8-2-1-3-10(4-8)17-6-9-5-16-7-15-9/h1-5,7H,6H2. The molecule has 0 aliphatic rings. The number of halogens is 3. The first-order valence-corrected chi connectivity index (χ1v) is 4.73. The monoisotopic (exact) mass is 243 g/mol. The molecule has 1 heterocycles. The number of aromatic nitrogens is 1. The van der Waals surface area contributed by atoms with Gasteiger partial charge >= 0.3 is 6.18 Å². The number of hydrogen-bond acceptors (Lipinski definition) is 3. The molecule has 0 N–H and O–H groups in total. The molecule has 0 spiro atoms. The largest absolute Gasteiger partial charge is 0.487 e. The molecule has 90 valence electrons. The zero-order chi connectivity index (χ0) is 12.3. The van der Waals surface area contributed by atoms with Crippen LogP contribution in [0.4, 0.5) is 13.2 Å². The number of alkyl halides is 3. The van der Waals surface area contributed by atoms with Gasteiger partial charge in [0.2, 0.25) is 0 Å². The van der Waals surface area contributed by atoms with Crippen molar-refractivity contribution in [2.45, 2.75) is 12.8 Å². The third-order valence-corrected chi connectivity index (χ3v) is 2.03. The van der Waals surface area contributed by atoms with Crippen molar-refractivity contribution in [3.05, 3.63) is 48.2 Å². The molecule has 0 fully saturated rings. The Morgan fingerprint density at radius 3 is 2.76 bits per heavy atom. The summed E-state index contributed by atoms with van der Waals surface area (Å²) in [5.74, 6) is 0.142. The van der Waals surface area contributed by atoms with Crippen molar-refractivity contribution in [1.82, 2.24) is 4.98 Å². The molecule has 0 saturated carbocycles. The van der Waals surface area contributed by atoms with E-state index in [0.717, 1.165) is 12.1 Å². The average molecular weight is 243 g/mol. The van der Waals surface area contributed by atoms with Gasteiger partial charge in [-0.15, -0.1) is 0 Å². The molecule has 0 saturated heterocycles. The van der Waals surface area contributed by atoms with Crippen molar-refractivity contribution >= 4 is 0 Å². The van der Waals surface area contributed by atoms with Crippen molar-refractivity contribution in [2.24, 2.45) is 0 Å². The Labute approximate surface area is 94.8 Å². The van der Waals surface area contributed by atoms with E-state index in [1.165, 1.54) is 24.8 Å². The van der Waals surface area contributed by atoms with Gasteiger partial charge in [0.15, 0.2) is 6.39 Å². The molecular formula is C11H8F3NO2. The van der Waals surface area contributed by atoms with Gasteiger partial charge in [-0.25, -0.2) is 4.98 Å². The van der Waals surface area contributed by atoms with E-state index in [9.17, 15) is 13.2 Å². The van der Waals surface area contributed by atoms with E-state index < -0.39 is 11.7 Å². The number of hydrogen-bond donors (Lipinski definition) is 0. The summed E-state index contributed by atoms with van der Waals surface area (Å²) in [5, 5.41) is 0. The highest BCUT2D eigenvalue weighted by Gasteiger charge is 2.30. The smallest absolute Gasteiger partial charge is 0.416 e. The maximum absolute atomic E-state index is 12.4. The Morgan fingerprint density at radius 2 is 2.12 bits per heavy atom. The van der Waals surface area contributed by atoms with E-state index in [1.807, 2.05) is 0 Å². The van der Waals surface area contributed by atoms with Crippen LogP contribution in [0.5, 0.6) is 5.75 Å². The fraction of sp³-hybridized carbons (Fsp3) is 0.182. The summed E-state index contributed by atoms with van der Waals surface area (Å²) < 4.78 is 47.1. The van der Waals surface area contributed by atoms with Crippen LogP contribution in [0.25, 0.3) is 0 Å². The summed E-state index contributed by atoms with van der Waals surface area (Å²) in [7, 11) is 0. The molecule has 3 nitrogen and oxygen atoms in total. The Morgan fingerprint density at radius 1 is 1.29 bits per heavy atom. The summed E-state index contributed by atoms with van der Waals surface area (Å²) in [6.45, 7) is 0.0673. The van der Waals surface area contributed by atoms with Crippen LogP contribution in [-0.4, -0.2) is 4.98 Å². The third-order valence-electron chi connectivity index (χ3n) is 2.03. The molecule has 0 aliphatic heterocycles. The molecule has 0 amide bonds. The van der Waals surface area contributed by atoms with Gasteiger partial charge in [0, 0.05) is 0 Å². The molecule has 2 aromatic rings. The van der Waals surface area contributed by atoms with E-state index in [4.69, 9.17) is 9.15 Å². The SMILES string of the molecule is FC(F)(F)c1cccc(OCc2cocn2)c1. The highest BCUT2D eigenvalue weighted by atomic mass is 19.4. The Hall–Kier alpha value is -1.98. The maximum Gasteiger partial charge on any atom is 0.416 e. The summed E-state index contributed by atoms with van der Waals surface area (Å²) in [4.78, 5) is 3.79. The van der Waals surface area contributed by atoms with E-state index in [2.05, 4.69) is 4.98 Å². The quantitative estimate of drug-likeness (QED) is 0.829. The van der Waals surface area contributed by atoms with Gasteiger partial charge in [0.05, 0.1) is 5.56 Å². The number of ether oxygens (including phenoxy) is 1. The van der Waals surface area contributed by atoms with Crippen molar-refractivity contribution in [3.63, 3.8) is 0 Å². The Balaban J connectivity index is 2.07. The van der Waals surface area contributed by atoms with E-state index >= 15 is 0 Å². The lowest BCUT2D eigenvalue weighted by molar-refractivity contribution is -0.137. The number of nitrogens with zero attached hydrogens (tertiary/aromatic N) is 1. The van der Waals surface area contributed by atoms with Crippen molar-refractivity contribution in [2.75, 3.05) is 0 Å². The van der Waals surface area contributed by atoms with Crippen molar-refractivity contribution < 1.29 is 22.3 Å². The highest BCUT2D eigenvalue weighted by molar-refractivity contribution is 5.30. The van der Waals surface area contributed by atoms with Gasteiger partial charge in [0.1, 0.15) is 24.3 Å². The Kier molecular flexibility index (Phi) is 3.03. The first-order chi connectivity index (χ1) is 8.05. The Bertz CT molecular complexity index is 480. The summed E-state index contributed by atoms with van der Waals surface area (Å²) >= 11 is 0. The highest BCUT2D eigenvalue weighted by Crippen LogP contribution is 2.31. The minimum atomic E-state index is -4.37. The van der Waals surface area contributed by atoms with Crippen molar-refractivity contribution in [3.8, 4) is 5.75 Å². The van der Waals surface area contributed by atoms with Gasteiger partial charge in [-0.05, 0) is 18.2 Å². The lowest BCUT2D eigenvalue weighted by Gasteiger charge is -2.09. The molecule has 2 rings (SSSR count). The van der Waals surface area contributed by atoms with Crippen LogP contribution in [-0.2, 0) is 12.8 Å². The fourth-order valence-electron chi connectivity index (χ4n) is 1.23. The van der Waals surface area contributed by atoms with Crippen LogP contribution in [0, 0.1) is 0 Å². The molecule has 0 unspecified atom stereocenters. The number of rotatable bonds is 3. The topological polar surface area (TPSA) is 35.3 Å². The average Bonchev–Trinajstić information content (AvgIpc) is 2.78. The van der Waals surface area contributed by atoms with Crippen LogP contribution in [0.3, 0.4) is 0 Å². The van der Waals surface area contributed by atoms with E-state index in [0.29, 0.717) is 5.69 Å². The maximum atomic E-state index is 12.4. The first kappa shape index (κ1) is 11.5. The second-order valence-corrected chi connectivity index (χ2v) is 3.29. The fourth-order valence-corrected chi connectivity index (χ4v) is 1.23.